The van der Waals surface area contributed by atoms with Crippen molar-refractivity contribution in [2.24, 2.45) is 0 Å². The number of hydrogen-bond donors (Lipinski definition) is 1. The van der Waals surface area contributed by atoms with Gasteiger partial charge in [0.15, 0.2) is 0 Å². The zero-order valence-electron chi connectivity index (χ0n) is 9.45. The molecule has 0 atom stereocenters. The van der Waals surface area contributed by atoms with Gasteiger partial charge in [0, 0.05) is 12.1 Å². The zero-order valence-corrected chi connectivity index (χ0v) is 9.45. The molecule has 0 aliphatic heterocycles. The highest BCUT2D eigenvalue weighted by Crippen LogP contribution is 2.40. The third-order valence-electron chi connectivity index (χ3n) is 2.09. The summed E-state index contributed by atoms with van der Waals surface area (Å²) in [7, 11) is 0. The van der Waals surface area contributed by atoms with Crippen LogP contribution >= 0.6 is 0 Å². The number of anilines is 1. The van der Waals surface area contributed by atoms with Crippen molar-refractivity contribution in [3.05, 3.63) is 27.8 Å². The number of ether oxygens (including phenoxy) is 1. The first-order valence-corrected chi connectivity index (χ1v) is 5.05. The molecule has 0 heterocycles. The predicted molar refractivity (Wildman–Crippen MR) is 58.3 cm³/mol. The Balaban J connectivity index is 3.33. The minimum atomic E-state index is -4.73. The summed E-state index contributed by atoms with van der Waals surface area (Å²) in [5.74, 6) is -0.493. The van der Waals surface area contributed by atoms with Crippen molar-refractivity contribution in [3.8, 4) is 5.75 Å². The highest BCUT2D eigenvalue weighted by Gasteiger charge is 2.37. The van der Waals surface area contributed by atoms with Crippen LogP contribution in [-0.2, 0) is 6.18 Å². The van der Waals surface area contributed by atoms with Gasteiger partial charge < -0.3 is 10.5 Å². The Labute approximate surface area is 100 Å². The first kappa shape index (κ1) is 14.1. The molecule has 0 aliphatic carbocycles. The molecule has 2 N–H and O–H groups in total. The normalized spacial score (nSPS) is 11.3. The summed E-state index contributed by atoms with van der Waals surface area (Å²) in [5.41, 5.74) is 2.97. The van der Waals surface area contributed by atoms with E-state index >= 15 is 0 Å². The van der Waals surface area contributed by atoms with E-state index in [9.17, 15) is 23.3 Å². The Kier molecular flexibility index (Phi) is 4.00. The monoisotopic (exact) mass is 264 g/mol. The second kappa shape index (κ2) is 5.11. The van der Waals surface area contributed by atoms with Crippen LogP contribution in [-0.4, -0.2) is 11.5 Å². The minimum Gasteiger partial charge on any atom is -0.493 e. The third-order valence-corrected chi connectivity index (χ3v) is 2.09. The lowest BCUT2D eigenvalue weighted by Gasteiger charge is -2.14. The van der Waals surface area contributed by atoms with Crippen LogP contribution < -0.4 is 10.5 Å². The summed E-state index contributed by atoms with van der Waals surface area (Å²) in [6.45, 7) is 1.79. The van der Waals surface area contributed by atoms with Crippen LogP contribution in [0.4, 0.5) is 24.5 Å². The van der Waals surface area contributed by atoms with E-state index in [4.69, 9.17) is 10.5 Å². The SMILES string of the molecule is CCCOc1cc(N)c([N+](=O)[O-])cc1C(F)(F)F. The Morgan fingerprint density at radius 1 is 1.44 bits per heavy atom. The highest BCUT2D eigenvalue weighted by atomic mass is 19.4. The number of nitro benzene ring substituents is 1. The van der Waals surface area contributed by atoms with Gasteiger partial charge in [-0.25, -0.2) is 0 Å². The number of rotatable bonds is 4. The molecule has 100 valence electrons. The number of nitro groups is 1. The van der Waals surface area contributed by atoms with Gasteiger partial charge in [-0.1, -0.05) is 6.92 Å². The van der Waals surface area contributed by atoms with Crippen molar-refractivity contribution in [2.45, 2.75) is 19.5 Å². The van der Waals surface area contributed by atoms with Crippen molar-refractivity contribution >= 4 is 11.4 Å². The number of hydrogen-bond acceptors (Lipinski definition) is 4. The van der Waals surface area contributed by atoms with E-state index < -0.39 is 28.1 Å². The van der Waals surface area contributed by atoms with Crippen molar-refractivity contribution in [3.63, 3.8) is 0 Å². The molecule has 0 saturated carbocycles. The van der Waals surface area contributed by atoms with E-state index in [0.29, 0.717) is 12.5 Å². The van der Waals surface area contributed by atoms with Crippen molar-refractivity contribution in [2.75, 3.05) is 12.3 Å². The van der Waals surface area contributed by atoms with Crippen LogP contribution in [0.2, 0.25) is 0 Å². The van der Waals surface area contributed by atoms with Crippen molar-refractivity contribution in [1.82, 2.24) is 0 Å². The van der Waals surface area contributed by atoms with Crippen LogP contribution in [0.3, 0.4) is 0 Å². The quantitative estimate of drug-likeness (QED) is 0.515. The van der Waals surface area contributed by atoms with Gasteiger partial charge in [-0.3, -0.25) is 10.1 Å². The van der Waals surface area contributed by atoms with Gasteiger partial charge in [0.2, 0.25) is 0 Å². The van der Waals surface area contributed by atoms with E-state index in [0.717, 1.165) is 6.07 Å². The van der Waals surface area contributed by atoms with Crippen molar-refractivity contribution < 1.29 is 22.8 Å². The van der Waals surface area contributed by atoms with E-state index in [1.54, 1.807) is 6.92 Å². The maximum atomic E-state index is 12.7. The van der Waals surface area contributed by atoms with Gasteiger partial charge in [-0.15, -0.1) is 0 Å². The number of nitrogens with zero attached hydrogens (tertiary/aromatic N) is 1. The first-order valence-electron chi connectivity index (χ1n) is 5.05. The standard InChI is InChI=1S/C10H11F3N2O3/c1-2-3-18-9-5-7(14)8(15(16)17)4-6(9)10(11,12)13/h4-5H,2-3,14H2,1H3. The van der Waals surface area contributed by atoms with E-state index in [-0.39, 0.29) is 12.3 Å². The van der Waals surface area contributed by atoms with Crippen LogP contribution in [0.25, 0.3) is 0 Å². The number of nitrogens with two attached hydrogens (primary N) is 1. The minimum absolute atomic E-state index is 0.0698. The molecular weight excluding hydrogens is 253 g/mol. The van der Waals surface area contributed by atoms with Gasteiger partial charge in [0.25, 0.3) is 5.69 Å². The third kappa shape index (κ3) is 3.02. The molecule has 0 aromatic heterocycles. The lowest BCUT2D eigenvalue weighted by atomic mass is 10.1. The summed E-state index contributed by atoms with van der Waals surface area (Å²) in [6.07, 6.45) is -4.23. The Hall–Kier alpha value is -1.99. The maximum absolute atomic E-state index is 12.7. The average Bonchev–Trinajstić information content (AvgIpc) is 2.23. The molecule has 0 bridgehead atoms. The summed E-state index contributed by atoms with van der Waals surface area (Å²) < 4.78 is 43.0. The topological polar surface area (TPSA) is 78.4 Å². The Morgan fingerprint density at radius 3 is 2.50 bits per heavy atom. The molecule has 0 aliphatic rings. The molecule has 1 aromatic rings. The smallest absolute Gasteiger partial charge is 0.420 e. The molecule has 5 nitrogen and oxygen atoms in total. The number of alkyl halides is 3. The van der Waals surface area contributed by atoms with E-state index in [1.807, 2.05) is 0 Å². The molecule has 0 fully saturated rings. The highest BCUT2D eigenvalue weighted by molar-refractivity contribution is 5.64. The molecule has 8 heteroatoms. The largest absolute Gasteiger partial charge is 0.493 e. The fraction of sp³-hybridized carbons (Fsp3) is 0.400. The van der Waals surface area contributed by atoms with Gasteiger partial charge in [-0.05, 0) is 6.42 Å². The molecule has 0 radical (unpaired) electrons. The summed E-state index contributed by atoms with van der Waals surface area (Å²) >= 11 is 0. The van der Waals surface area contributed by atoms with Gasteiger partial charge in [0.1, 0.15) is 17.0 Å². The fourth-order valence-electron chi connectivity index (χ4n) is 1.30. The molecular formula is C10H11F3N2O3. The van der Waals surface area contributed by atoms with Gasteiger partial charge >= 0.3 is 6.18 Å². The average molecular weight is 264 g/mol. The first-order chi connectivity index (χ1) is 8.27. The second-order valence-electron chi connectivity index (χ2n) is 3.51. The Bertz CT molecular complexity index is 460. The van der Waals surface area contributed by atoms with Crippen LogP contribution in [0, 0.1) is 10.1 Å². The van der Waals surface area contributed by atoms with Gasteiger partial charge in [0.05, 0.1) is 11.5 Å². The molecule has 1 aromatic carbocycles. The zero-order chi connectivity index (χ0) is 13.9. The predicted octanol–water partition coefficient (Wildman–Crippen LogP) is 2.98. The number of benzene rings is 1. The second-order valence-corrected chi connectivity index (χ2v) is 3.51. The fourth-order valence-corrected chi connectivity index (χ4v) is 1.30. The van der Waals surface area contributed by atoms with Crippen LogP contribution in [0.5, 0.6) is 5.75 Å². The lowest BCUT2D eigenvalue weighted by molar-refractivity contribution is -0.384. The van der Waals surface area contributed by atoms with Crippen LogP contribution in [0.1, 0.15) is 18.9 Å². The van der Waals surface area contributed by atoms with E-state index in [2.05, 4.69) is 0 Å². The molecule has 0 saturated heterocycles. The van der Waals surface area contributed by atoms with E-state index in [1.165, 1.54) is 0 Å². The lowest BCUT2D eigenvalue weighted by Crippen LogP contribution is -2.11. The van der Waals surface area contributed by atoms with Crippen molar-refractivity contribution in [1.29, 1.82) is 0 Å². The molecule has 0 unspecified atom stereocenters. The van der Waals surface area contributed by atoms with Crippen LogP contribution in [0.15, 0.2) is 12.1 Å². The summed E-state index contributed by atoms with van der Waals surface area (Å²) in [6, 6.07) is 1.22. The molecule has 18 heavy (non-hydrogen) atoms. The molecule has 1 rings (SSSR count). The number of nitrogen functional groups attached to an aromatic ring is 1. The summed E-state index contributed by atoms with van der Waals surface area (Å²) in [4.78, 5) is 9.58. The molecule has 0 amide bonds. The Morgan fingerprint density at radius 2 is 2.06 bits per heavy atom. The molecule has 0 spiro atoms. The number of halogens is 3. The van der Waals surface area contributed by atoms with Gasteiger partial charge in [-0.2, -0.15) is 13.2 Å². The maximum Gasteiger partial charge on any atom is 0.420 e. The summed E-state index contributed by atoms with van der Waals surface area (Å²) in [5, 5.41) is 10.5.